The minimum absolute atomic E-state index is 0.00860. The number of halogens is 4. The number of carbonyl (C=O) groups is 1. The third kappa shape index (κ3) is 3.18. The zero-order valence-corrected chi connectivity index (χ0v) is 12.4. The zero-order valence-electron chi connectivity index (χ0n) is 10.8. The van der Waals surface area contributed by atoms with E-state index in [1.807, 2.05) is 0 Å². The summed E-state index contributed by atoms with van der Waals surface area (Å²) in [6, 6.07) is 3.98. The highest BCUT2D eigenvalue weighted by atomic mass is 79.9. The molecule has 0 radical (unpaired) electrons. The first-order chi connectivity index (χ1) is 9.79. The molecule has 0 saturated carbocycles. The van der Waals surface area contributed by atoms with E-state index >= 15 is 0 Å². The Labute approximate surface area is 127 Å². The Morgan fingerprint density at radius 1 is 1.10 bits per heavy atom. The topological polar surface area (TPSA) is 55.1 Å². The first-order valence-electron chi connectivity index (χ1n) is 5.81. The molecule has 0 unspecified atom stereocenters. The van der Waals surface area contributed by atoms with Crippen LogP contribution in [0.15, 0.2) is 28.7 Å². The molecule has 110 valence electrons. The van der Waals surface area contributed by atoms with Crippen molar-refractivity contribution in [2.24, 2.45) is 0 Å². The van der Waals surface area contributed by atoms with E-state index in [2.05, 4.69) is 21.2 Å². The van der Waals surface area contributed by atoms with Crippen molar-refractivity contribution >= 4 is 33.2 Å². The summed E-state index contributed by atoms with van der Waals surface area (Å²) in [5, 5.41) is 2.22. The van der Waals surface area contributed by atoms with Crippen LogP contribution in [0.3, 0.4) is 0 Å². The first kappa shape index (κ1) is 15.4. The van der Waals surface area contributed by atoms with Gasteiger partial charge < -0.3 is 11.1 Å². The number of nitrogen functional groups attached to an aromatic ring is 1. The quantitative estimate of drug-likeness (QED) is 0.797. The third-order valence-electron chi connectivity index (χ3n) is 2.83. The van der Waals surface area contributed by atoms with Gasteiger partial charge in [0.25, 0.3) is 5.91 Å². The van der Waals surface area contributed by atoms with E-state index in [0.717, 1.165) is 24.3 Å². The average Bonchev–Trinajstić information content (AvgIpc) is 2.40. The fourth-order valence-electron chi connectivity index (χ4n) is 1.67. The third-order valence-corrected chi connectivity index (χ3v) is 3.48. The molecule has 0 aliphatic heterocycles. The Morgan fingerprint density at radius 2 is 1.76 bits per heavy atom. The summed E-state index contributed by atoms with van der Waals surface area (Å²) in [6.07, 6.45) is 0. The summed E-state index contributed by atoms with van der Waals surface area (Å²) in [5.74, 6) is -2.85. The lowest BCUT2D eigenvalue weighted by molar-refractivity contribution is 0.102. The van der Waals surface area contributed by atoms with Gasteiger partial charge in [0.15, 0.2) is 0 Å². The maximum absolute atomic E-state index is 13.7. The summed E-state index contributed by atoms with van der Waals surface area (Å²) < 4.78 is 40.5. The van der Waals surface area contributed by atoms with Gasteiger partial charge in [-0.05, 0) is 46.6 Å². The molecule has 3 nitrogen and oxygen atoms in total. The molecule has 0 aliphatic carbocycles. The number of aryl methyl sites for hydroxylation is 1. The molecule has 3 N–H and O–H groups in total. The lowest BCUT2D eigenvalue weighted by Crippen LogP contribution is -2.15. The SMILES string of the molecule is Cc1cc(F)c(NC(=O)c2cc(N)c(F)cc2Br)cc1F. The molecule has 0 saturated heterocycles. The largest absolute Gasteiger partial charge is 0.396 e. The fraction of sp³-hybridized carbons (Fsp3) is 0.0714. The average molecular weight is 359 g/mol. The Bertz CT molecular complexity index is 735. The molecule has 0 fully saturated rings. The van der Waals surface area contributed by atoms with Crippen molar-refractivity contribution in [2.75, 3.05) is 11.1 Å². The van der Waals surface area contributed by atoms with Gasteiger partial charge in [0.05, 0.1) is 16.9 Å². The van der Waals surface area contributed by atoms with Crippen LogP contribution in [0, 0.1) is 24.4 Å². The van der Waals surface area contributed by atoms with Gasteiger partial charge in [-0.3, -0.25) is 4.79 Å². The Kier molecular flexibility index (Phi) is 4.22. The van der Waals surface area contributed by atoms with Gasteiger partial charge in [0.1, 0.15) is 17.5 Å². The molecule has 0 spiro atoms. The van der Waals surface area contributed by atoms with Crippen molar-refractivity contribution in [3.05, 3.63) is 57.3 Å². The minimum atomic E-state index is -0.770. The molecule has 0 aromatic heterocycles. The maximum Gasteiger partial charge on any atom is 0.256 e. The van der Waals surface area contributed by atoms with Gasteiger partial charge in [0, 0.05) is 10.5 Å². The zero-order chi connectivity index (χ0) is 15.7. The highest BCUT2D eigenvalue weighted by Gasteiger charge is 2.16. The lowest BCUT2D eigenvalue weighted by atomic mass is 10.1. The molecule has 2 aromatic rings. The van der Waals surface area contributed by atoms with Crippen molar-refractivity contribution in [2.45, 2.75) is 6.92 Å². The van der Waals surface area contributed by atoms with Gasteiger partial charge >= 0.3 is 0 Å². The summed E-state index contributed by atoms with van der Waals surface area (Å²) in [5.41, 5.74) is 4.99. The normalized spacial score (nSPS) is 10.5. The maximum atomic E-state index is 13.7. The number of nitrogens with two attached hydrogens (primary N) is 1. The highest BCUT2D eigenvalue weighted by Crippen LogP contribution is 2.25. The van der Waals surface area contributed by atoms with Crippen molar-refractivity contribution < 1.29 is 18.0 Å². The van der Waals surface area contributed by atoms with E-state index in [4.69, 9.17) is 5.73 Å². The summed E-state index contributed by atoms with van der Waals surface area (Å²) >= 11 is 3.02. The van der Waals surface area contributed by atoms with Gasteiger partial charge in [-0.15, -0.1) is 0 Å². The first-order valence-corrected chi connectivity index (χ1v) is 6.60. The Balaban J connectivity index is 2.35. The second-order valence-corrected chi connectivity index (χ2v) is 5.24. The van der Waals surface area contributed by atoms with E-state index in [0.29, 0.717) is 0 Å². The number of hydrogen-bond donors (Lipinski definition) is 2. The van der Waals surface area contributed by atoms with Gasteiger partial charge in [-0.25, -0.2) is 13.2 Å². The van der Waals surface area contributed by atoms with Crippen LogP contribution in [0.2, 0.25) is 0 Å². The van der Waals surface area contributed by atoms with Crippen LogP contribution in [-0.2, 0) is 0 Å². The molecule has 0 aliphatic rings. The predicted octanol–water partition coefficient (Wildman–Crippen LogP) is 4.01. The number of rotatable bonds is 2. The van der Waals surface area contributed by atoms with Gasteiger partial charge in [0.2, 0.25) is 0 Å². The van der Waals surface area contributed by atoms with Gasteiger partial charge in [-0.1, -0.05) is 0 Å². The second kappa shape index (κ2) is 5.77. The second-order valence-electron chi connectivity index (χ2n) is 4.39. The van der Waals surface area contributed by atoms with Crippen LogP contribution in [0.5, 0.6) is 0 Å². The lowest BCUT2D eigenvalue weighted by Gasteiger charge is -2.10. The predicted molar refractivity (Wildman–Crippen MR) is 77.6 cm³/mol. The van der Waals surface area contributed by atoms with Crippen LogP contribution in [0.1, 0.15) is 15.9 Å². The molecule has 1 amide bonds. The monoisotopic (exact) mass is 358 g/mol. The Morgan fingerprint density at radius 3 is 2.43 bits per heavy atom. The van der Waals surface area contributed by atoms with Crippen molar-refractivity contribution in [1.29, 1.82) is 0 Å². The number of amides is 1. The summed E-state index contributed by atoms with van der Waals surface area (Å²) in [4.78, 5) is 12.0. The highest BCUT2D eigenvalue weighted by molar-refractivity contribution is 9.10. The number of carbonyl (C=O) groups excluding carboxylic acids is 1. The minimum Gasteiger partial charge on any atom is -0.396 e. The van der Waals surface area contributed by atoms with E-state index in [1.54, 1.807) is 0 Å². The van der Waals surface area contributed by atoms with E-state index in [9.17, 15) is 18.0 Å². The smallest absolute Gasteiger partial charge is 0.256 e. The molecule has 7 heteroatoms. The van der Waals surface area contributed by atoms with Crippen molar-refractivity contribution in [3.63, 3.8) is 0 Å². The van der Waals surface area contributed by atoms with Gasteiger partial charge in [-0.2, -0.15) is 0 Å². The molecule has 0 bridgehead atoms. The summed E-state index contributed by atoms with van der Waals surface area (Å²) in [6.45, 7) is 1.40. The van der Waals surface area contributed by atoms with Crippen molar-refractivity contribution in [1.82, 2.24) is 0 Å². The molecule has 2 rings (SSSR count). The number of benzene rings is 2. The van der Waals surface area contributed by atoms with Crippen LogP contribution < -0.4 is 11.1 Å². The van der Waals surface area contributed by atoms with E-state index in [1.165, 1.54) is 6.92 Å². The number of anilines is 2. The number of nitrogens with one attached hydrogen (secondary N) is 1. The molecule has 0 heterocycles. The molecule has 21 heavy (non-hydrogen) atoms. The van der Waals surface area contributed by atoms with E-state index < -0.39 is 23.4 Å². The number of hydrogen-bond acceptors (Lipinski definition) is 2. The molecular formula is C14H10BrF3N2O. The molecular weight excluding hydrogens is 349 g/mol. The molecule has 2 aromatic carbocycles. The van der Waals surface area contributed by atoms with Crippen LogP contribution in [0.4, 0.5) is 24.5 Å². The fourth-order valence-corrected chi connectivity index (χ4v) is 2.17. The van der Waals surface area contributed by atoms with Crippen LogP contribution >= 0.6 is 15.9 Å². The van der Waals surface area contributed by atoms with Crippen LogP contribution in [-0.4, -0.2) is 5.91 Å². The van der Waals surface area contributed by atoms with E-state index in [-0.39, 0.29) is 27.0 Å². The van der Waals surface area contributed by atoms with Crippen molar-refractivity contribution in [3.8, 4) is 0 Å². The Hall–Kier alpha value is -2.02. The standard InChI is InChI=1S/C14H10BrF3N2O/c1-6-2-11(18)13(5-9(6)16)20-14(21)7-3-12(19)10(17)4-8(7)15/h2-5H,19H2,1H3,(H,20,21). The summed E-state index contributed by atoms with van der Waals surface area (Å²) in [7, 11) is 0. The molecule has 0 atom stereocenters. The van der Waals surface area contributed by atoms with Crippen LogP contribution in [0.25, 0.3) is 0 Å².